The third-order valence-corrected chi connectivity index (χ3v) is 8.80. The van der Waals surface area contributed by atoms with Crippen molar-refractivity contribution in [1.29, 1.82) is 0 Å². The van der Waals surface area contributed by atoms with Crippen LogP contribution in [0.5, 0.6) is 5.75 Å². The van der Waals surface area contributed by atoms with Crippen LogP contribution in [0.25, 0.3) is 5.57 Å². The number of methoxy groups -OCH3 is 2. The Hall–Kier alpha value is -3.70. The maximum Gasteiger partial charge on any atom is 0.416 e. The van der Waals surface area contributed by atoms with E-state index in [1.807, 2.05) is 6.07 Å². The van der Waals surface area contributed by atoms with Crippen molar-refractivity contribution in [2.75, 3.05) is 20.8 Å². The van der Waals surface area contributed by atoms with Crippen LogP contribution < -0.4 is 4.74 Å². The first-order chi connectivity index (χ1) is 20.7. The van der Waals surface area contributed by atoms with E-state index >= 15 is 0 Å². The number of amides is 1. The number of hydrogen-bond acceptors (Lipinski definition) is 5. The van der Waals surface area contributed by atoms with Gasteiger partial charge in [-0.1, -0.05) is 19.9 Å². The largest absolute Gasteiger partial charge is 0.496 e. The normalized spacial score (nSPS) is 20.7. The number of hydrogen-bond donors (Lipinski definition) is 0. The molecule has 1 amide bonds. The summed E-state index contributed by atoms with van der Waals surface area (Å²) in [7, 11) is 2.83. The van der Waals surface area contributed by atoms with Gasteiger partial charge in [0, 0.05) is 12.1 Å². The quantitative estimate of drug-likeness (QED) is 0.224. The number of ether oxygens (including phenoxy) is 3. The summed E-state index contributed by atoms with van der Waals surface area (Å²) in [6.45, 7) is 9.21. The van der Waals surface area contributed by atoms with Gasteiger partial charge in [-0.05, 0) is 98.1 Å². The number of halogens is 6. The first-order valence-electron chi connectivity index (χ1n) is 14.4. The molecule has 0 bridgehead atoms. The van der Waals surface area contributed by atoms with E-state index in [1.54, 1.807) is 26.0 Å². The van der Waals surface area contributed by atoms with Crippen molar-refractivity contribution in [1.82, 2.24) is 4.90 Å². The van der Waals surface area contributed by atoms with Crippen LogP contribution >= 0.6 is 0 Å². The van der Waals surface area contributed by atoms with E-state index in [0.717, 1.165) is 23.1 Å². The molecular weight excluding hydrogens is 604 g/mol. The third-order valence-electron chi connectivity index (χ3n) is 8.80. The molecule has 45 heavy (non-hydrogen) atoms. The fourth-order valence-electron chi connectivity index (χ4n) is 6.10. The standard InChI is InChI=1S/C33H37F6NO5/c1-18-27(19-12-22(32(34,35)36)14-23(13-19)33(37,38)39)45-29(42)40(18)17-20-16-30(2,3)11-10-24(20)25-15-21(8-9-26(25)43-6)31(4,5)28(41)44-7/h8-9,12-15,18,27H,10-11,16-17H2,1-7H3/t18-,27?/m0/s1. The topological polar surface area (TPSA) is 65.1 Å². The minimum atomic E-state index is -5.04. The Morgan fingerprint density at radius 3 is 2.11 bits per heavy atom. The van der Waals surface area contributed by atoms with Gasteiger partial charge in [-0.3, -0.25) is 9.69 Å². The van der Waals surface area contributed by atoms with Gasteiger partial charge in [-0.15, -0.1) is 0 Å². The molecule has 0 spiro atoms. The molecule has 1 saturated heterocycles. The van der Waals surface area contributed by atoms with Crippen LogP contribution in [0.4, 0.5) is 31.1 Å². The lowest BCUT2D eigenvalue weighted by molar-refractivity contribution is -0.146. The zero-order valence-corrected chi connectivity index (χ0v) is 26.2. The number of carbonyl (C=O) groups excluding carboxylic acids is 2. The Labute approximate surface area is 258 Å². The van der Waals surface area contributed by atoms with Gasteiger partial charge >= 0.3 is 24.4 Å². The van der Waals surface area contributed by atoms with E-state index in [1.165, 1.54) is 26.0 Å². The number of allylic oxidation sites excluding steroid dienone is 1. The van der Waals surface area contributed by atoms with Crippen molar-refractivity contribution in [3.63, 3.8) is 0 Å². The molecule has 0 saturated carbocycles. The fraction of sp³-hybridized carbons (Fsp3) is 0.515. The van der Waals surface area contributed by atoms with Crippen LogP contribution in [0.2, 0.25) is 0 Å². The molecule has 1 aliphatic heterocycles. The summed E-state index contributed by atoms with van der Waals surface area (Å²) in [4.78, 5) is 27.1. The zero-order valence-electron chi connectivity index (χ0n) is 26.2. The number of carbonyl (C=O) groups is 2. The monoisotopic (exact) mass is 641 g/mol. The first-order valence-corrected chi connectivity index (χ1v) is 14.4. The van der Waals surface area contributed by atoms with Gasteiger partial charge in [0.25, 0.3) is 0 Å². The van der Waals surface area contributed by atoms with E-state index in [0.29, 0.717) is 36.3 Å². The summed E-state index contributed by atoms with van der Waals surface area (Å²) in [6.07, 6.45) is -10.3. The Balaban J connectivity index is 1.77. The van der Waals surface area contributed by atoms with Gasteiger partial charge in [0.1, 0.15) is 11.9 Å². The molecule has 2 aliphatic rings. The van der Waals surface area contributed by atoms with Gasteiger partial charge in [-0.25, -0.2) is 4.79 Å². The number of cyclic esters (lactones) is 1. The predicted octanol–water partition coefficient (Wildman–Crippen LogP) is 8.73. The van der Waals surface area contributed by atoms with Crippen molar-refractivity contribution in [3.8, 4) is 5.75 Å². The van der Waals surface area contributed by atoms with Gasteiger partial charge in [0.2, 0.25) is 0 Å². The highest BCUT2D eigenvalue weighted by Gasteiger charge is 2.44. The first kappa shape index (κ1) is 34.2. The number of benzene rings is 2. The average molecular weight is 642 g/mol. The highest BCUT2D eigenvalue weighted by atomic mass is 19.4. The van der Waals surface area contributed by atoms with Crippen LogP contribution in [0.3, 0.4) is 0 Å². The molecule has 2 atom stereocenters. The number of rotatable bonds is 7. The Morgan fingerprint density at radius 2 is 1.58 bits per heavy atom. The van der Waals surface area contributed by atoms with Gasteiger partial charge in [0.15, 0.2) is 0 Å². The molecule has 0 aromatic heterocycles. The van der Waals surface area contributed by atoms with Crippen LogP contribution in [0, 0.1) is 5.41 Å². The van der Waals surface area contributed by atoms with Crippen molar-refractivity contribution < 1.29 is 50.1 Å². The SMILES string of the molecule is COC(=O)C(C)(C)c1ccc(OC)c(C2=C(CN3C(=O)OC(c4cc(C(F)(F)F)cc(C(F)(F)F)c4)[C@@H]3C)CC(C)(C)CC2)c1. The average Bonchev–Trinajstić information content (AvgIpc) is 3.23. The Kier molecular flexibility index (Phi) is 9.04. The fourth-order valence-corrected chi connectivity index (χ4v) is 6.10. The maximum atomic E-state index is 13.6. The van der Waals surface area contributed by atoms with E-state index in [9.17, 15) is 35.9 Å². The van der Waals surface area contributed by atoms with Gasteiger partial charge in [-0.2, -0.15) is 26.3 Å². The second kappa shape index (κ2) is 11.9. The lowest BCUT2D eigenvalue weighted by atomic mass is 9.72. The van der Waals surface area contributed by atoms with Crippen LogP contribution in [-0.2, 0) is 32.0 Å². The molecule has 1 unspecified atom stereocenters. The summed E-state index contributed by atoms with van der Waals surface area (Å²) in [5.74, 6) is 0.116. The van der Waals surface area contributed by atoms with Crippen LogP contribution in [-0.4, -0.2) is 43.8 Å². The van der Waals surface area contributed by atoms with E-state index < -0.39 is 58.7 Å². The van der Waals surface area contributed by atoms with E-state index in [2.05, 4.69) is 13.8 Å². The summed E-state index contributed by atoms with van der Waals surface area (Å²) < 4.78 is 97.5. The summed E-state index contributed by atoms with van der Waals surface area (Å²) in [6, 6.07) is 5.76. The second-order valence-corrected chi connectivity index (χ2v) is 13.0. The molecule has 1 aliphatic carbocycles. The van der Waals surface area contributed by atoms with Crippen LogP contribution in [0.1, 0.15) is 87.8 Å². The Bertz CT molecular complexity index is 1480. The second-order valence-electron chi connectivity index (χ2n) is 13.0. The van der Waals surface area contributed by atoms with Crippen molar-refractivity contribution >= 4 is 17.6 Å². The van der Waals surface area contributed by atoms with Crippen LogP contribution in [0.15, 0.2) is 42.0 Å². The molecule has 246 valence electrons. The maximum absolute atomic E-state index is 13.6. The van der Waals surface area contributed by atoms with E-state index in [-0.39, 0.29) is 18.0 Å². The lowest BCUT2D eigenvalue weighted by Crippen LogP contribution is -2.35. The van der Waals surface area contributed by atoms with Gasteiger partial charge in [0.05, 0.1) is 36.8 Å². The Morgan fingerprint density at radius 1 is 0.978 bits per heavy atom. The minimum Gasteiger partial charge on any atom is -0.496 e. The molecule has 1 fully saturated rings. The highest BCUT2D eigenvalue weighted by Crippen LogP contribution is 2.47. The van der Waals surface area contributed by atoms with Gasteiger partial charge < -0.3 is 14.2 Å². The molecule has 1 heterocycles. The molecule has 0 N–H and O–H groups in total. The molecular formula is C33H37F6NO5. The molecule has 6 nitrogen and oxygen atoms in total. The zero-order chi connectivity index (χ0) is 33.7. The molecule has 12 heteroatoms. The predicted molar refractivity (Wildman–Crippen MR) is 154 cm³/mol. The number of alkyl halides is 6. The summed E-state index contributed by atoms with van der Waals surface area (Å²) >= 11 is 0. The number of esters is 1. The molecule has 2 aromatic carbocycles. The summed E-state index contributed by atoms with van der Waals surface area (Å²) in [5, 5.41) is 0. The molecule has 2 aromatic rings. The molecule has 4 rings (SSSR count). The number of nitrogens with zero attached hydrogens (tertiary/aromatic N) is 1. The van der Waals surface area contributed by atoms with Crippen molar-refractivity contribution in [2.24, 2.45) is 5.41 Å². The third kappa shape index (κ3) is 6.94. The highest BCUT2D eigenvalue weighted by molar-refractivity contribution is 5.84. The van der Waals surface area contributed by atoms with Crippen molar-refractivity contribution in [2.45, 2.75) is 83.8 Å². The lowest BCUT2D eigenvalue weighted by Gasteiger charge is -2.36. The smallest absolute Gasteiger partial charge is 0.416 e. The summed E-state index contributed by atoms with van der Waals surface area (Å²) in [5.41, 5.74) is -1.35. The van der Waals surface area contributed by atoms with Crippen molar-refractivity contribution in [3.05, 3.63) is 69.8 Å². The molecule has 0 radical (unpaired) electrons. The van der Waals surface area contributed by atoms with E-state index in [4.69, 9.17) is 14.2 Å². The minimum absolute atomic E-state index is 0.0358.